The summed E-state index contributed by atoms with van der Waals surface area (Å²) in [5.41, 5.74) is -0.537. The molecule has 2 heterocycles. The summed E-state index contributed by atoms with van der Waals surface area (Å²) in [6.07, 6.45) is -3.84. The molecule has 1 atom stereocenters. The van der Waals surface area contributed by atoms with Gasteiger partial charge in [-0.1, -0.05) is 0 Å². The van der Waals surface area contributed by atoms with E-state index >= 15 is 0 Å². The maximum Gasteiger partial charge on any atom is 0.425 e. The molecule has 0 radical (unpaired) electrons. The lowest BCUT2D eigenvalue weighted by atomic mass is 10.2. The summed E-state index contributed by atoms with van der Waals surface area (Å²) < 4.78 is 41.9. The Labute approximate surface area is 99.4 Å². The number of fused-ring (bicyclic) bond motifs is 1. The van der Waals surface area contributed by atoms with E-state index in [0.29, 0.717) is 5.39 Å². The number of rotatable bonds is 2. The predicted octanol–water partition coefficient (Wildman–Crippen LogP) is 2.25. The molecule has 2 aromatic heterocycles. The van der Waals surface area contributed by atoms with Gasteiger partial charge < -0.3 is 9.72 Å². The van der Waals surface area contributed by atoms with Gasteiger partial charge in [-0.3, -0.25) is 4.79 Å². The highest BCUT2D eigenvalue weighted by atomic mass is 19.4. The van der Waals surface area contributed by atoms with Crippen molar-refractivity contribution in [1.82, 2.24) is 9.97 Å². The zero-order chi connectivity index (χ0) is 13.3. The Morgan fingerprint density at radius 2 is 2.11 bits per heavy atom. The van der Waals surface area contributed by atoms with E-state index in [1.807, 2.05) is 0 Å². The van der Waals surface area contributed by atoms with E-state index in [9.17, 15) is 18.0 Å². The first-order valence-electron chi connectivity index (χ1n) is 5.09. The van der Waals surface area contributed by atoms with Gasteiger partial charge in [-0.15, -0.1) is 0 Å². The first kappa shape index (κ1) is 12.4. The molecule has 96 valence electrons. The summed E-state index contributed by atoms with van der Waals surface area (Å²) in [5.74, 6) is -0.320. The van der Waals surface area contributed by atoms with Crippen LogP contribution in [0.25, 0.3) is 10.8 Å². The van der Waals surface area contributed by atoms with Crippen molar-refractivity contribution >= 4 is 10.8 Å². The fourth-order valence-electron chi connectivity index (χ4n) is 1.43. The number of nitrogens with one attached hydrogen (secondary N) is 1. The largest absolute Gasteiger partial charge is 0.464 e. The second-order valence-electron chi connectivity index (χ2n) is 3.69. The summed E-state index contributed by atoms with van der Waals surface area (Å²) in [6.45, 7) is 0.859. The monoisotopic (exact) mass is 258 g/mol. The zero-order valence-electron chi connectivity index (χ0n) is 9.28. The standard InChI is InChI=1S/C11H9F3N2O2/c1-6(11(12,13)14)18-10-8-7(3-5-16-10)2-4-15-9(8)17/h2-6H,1H3,(H,15,17). The summed E-state index contributed by atoms with van der Waals surface area (Å²) >= 11 is 0. The van der Waals surface area contributed by atoms with Gasteiger partial charge in [0.2, 0.25) is 5.88 Å². The fraction of sp³-hybridized carbons (Fsp3) is 0.273. The summed E-state index contributed by atoms with van der Waals surface area (Å²) in [6, 6.07) is 3.08. The SMILES string of the molecule is CC(Oc1nccc2cc[nH]c(=O)c12)C(F)(F)F. The zero-order valence-corrected chi connectivity index (χ0v) is 9.28. The molecule has 7 heteroatoms. The molecule has 0 aliphatic rings. The van der Waals surface area contributed by atoms with Crippen LogP contribution in [-0.4, -0.2) is 22.2 Å². The van der Waals surface area contributed by atoms with Crippen LogP contribution in [-0.2, 0) is 0 Å². The third kappa shape index (κ3) is 2.29. The van der Waals surface area contributed by atoms with Crippen LogP contribution in [0.3, 0.4) is 0 Å². The molecule has 0 saturated heterocycles. The summed E-state index contributed by atoms with van der Waals surface area (Å²) in [4.78, 5) is 17.6. The van der Waals surface area contributed by atoms with Crippen molar-refractivity contribution < 1.29 is 17.9 Å². The number of pyridine rings is 2. The van der Waals surface area contributed by atoms with Gasteiger partial charge in [0.15, 0.2) is 6.10 Å². The maximum absolute atomic E-state index is 12.4. The van der Waals surface area contributed by atoms with Crippen LogP contribution in [0.5, 0.6) is 5.88 Å². The molecule has 2 aromatic rings. The lowest BCUT2D eigenvalue weighted by Gasteiger charge is -2.17. The first-order chi connectivity index (χ1) is 8.39. The van der Waals surface area contributed by atoms with Gasteiger partial charge in [-0.25, -0.2) is 4.98 Å². The van der Waals surface area contributed by atoms with Crippen molar-refractivity contribution in [3.8, 4) is 5.88 Å². The van der Waals surface area contributed by atoms with Crippen LogP contribution >= 0.6 is 0 Å². The van der Waals surface area contributed by atoms with Crippen molar-refractivity contribution in [3.63, 3.8) is 0 Å². The molecule has 1 N–H and O–H groups in total. The van der Waals surface area contributed by atoms with Crippen molar-refractivity contribution in [2.24, 2.45) is 0 Å². The number of nitrogens with zero attached hydrogens (tertiary/aromatic N) is 1. The first-order valence-corrected chi connectivity index (χ1v) is 5.09. The van der Waals surface area contributed by atoms with Crippen molar-refractivity contribution in [3.05, 3.63) is 34.9 Å². The normalized spacial score (nSPS) is 13.6. The summed E-state index contributed by atoms with van der Waals surface area (Å²) in [7, 11) is 0. The number of aromatic nitrogens is 2. The van der Waals surface area contributed by atoms with Gasteiger partial charge in [-0.2, -0.15) is 13.2 Å². The number of halogens is 3. The third-order valence-electron chi connectivity index (χ3n) is 2.40. The molecule has 0 spiro atoms. The molecule has 1 unspecified atom stereocenters. The van der Waals surface area contributed by atoms with E-state index in [1.54, 1.807) is 6.07 Å². The number of ether oxygens (including phenoxy) is 1. The van der Waals surface area contributed by atoms with Crippen LogP contribution < -0.4 is 10.3 Å². The minimum atomic E-state index is -4.51. The molecule has 4 nitrogen and oxygen atoms in total. The fourth-order valence-corrected chi connectivity index (χ4v) is 1.43. The number of alkyl halides is 3. The number of aromatic amines is 1. The molecule has 0 fully saturated rings. The molecule has 0 aliphatic carbocycles. The lowest BCUT2D eigenvalue weighted by Crippen LogP contribution is -2.31. The van der Waals surface area contributed by atoms with Gasteiger partial charge >= 0.3 is 6.18 Å². The second kappa shape index (κ2) is 4.32. The highest BCUT2D eigenvalue weighted by Crippen LogP contribution is 2.26. The van der Waals surface area contributed by atoms with Crippen LogP contribution in [0, 0.1) is 0 Å². The van der Waals surface area contributed by atoms with Gasteiger partial charge in [0, 0.05) is 12.4 Å². The quantitative estimate of drug-likeness (QED) is 0.898. The Hall–Kier alpha value is -2.05. The second-order valence-corrected chi connectivity index (χ2v) is 3.69. The number of H-pyrrole nitrogens is 1. The molecule has 0 aromatic carbocycles. The van der Waals surface area contributed by atoms with Gasteiger partial charge in [0.1, 0.15) is 5.39 Å². The minimum Gasteiger partial charge on any atom is -0.464 e. The van der Waals surface area contributed by atoms with Crippen LogP contribution in [0.1, 0.15) is 6.92 Å². The van der Waals surface area contributed by atoms with E-state index in [-0.39, 0.29) is 11.3 Å². The van der Waals surface area contributed by atoms with E-state index < -0.39 is 17.8 Å². The van der Waals surface area contributed by atoms with E-state index in [0.717, 1.165) is 6.92 Å². The Morgan fingerprint density at radius 1 is 1.39 bits per heavy atom. The molecule has 0 saturated carbocycles. The molecule has 2 rings (SSSR count). The third-order valence-corrected chi connectivity index (χ3v) is 2.40. The average molecular weight is 258 g/mol. The Morgan fingerprint density at radius 3 is 2.78 bits per heavy atom. The van der Waals surface area contributed by atoms with Crippen molar-refractivity contribution in [1.29, 1.82) is 0 Å². The Bertz CT molecular complexity index is 616. The van der Waals surface area contributed by atoms with Crippen LogP contribution in [0.15, 0.2) is 29.3 Å². The molecule has 0 amide bonds. The lowest BCUT2D eigenvalue weighted by molar-refractivity contribution is -0.189. The van der Waals surface area contributed by atoms with Crippen LogP contribution in [0.4, 0.5) is 13.2 Å². The maximum atomic E-state index is 12.4. The number of hydrogen-bond acceptors (Lipinski definition) is 3. The smallest absolute Gasteiger partial charge is 0.425 e. The van der Waals surface area contributed by atoms with Gasteiger partial charge in [-0.05, 0) is 24.4 Å². The van der Waals surface area contributed by atoms with Crippen molar-refractivity contribution in [2.45, 2.75) is 19.2 Å². The Balaban J connectivity index is 2.49. The molecule has 18 heavy (non-hydrogen) atoms. The van der Waals surface area contributed by atoms with Gasteiger partial charge in [0.05, 0.1) is 0 Å². The highest BCUT2D eigenvalue weighted by Gasteiger charge is 2.38. The minimum absolute atomic E-state index is 0.0103. The molecule has 0 aliphatic heterocycles. The van der Waals surface area contributed by atoms with E-state index in [2.05, 4.69) is 9.97 Å². The Kier molecular flexibility index (Phi) is 2.98. The highest BCUT2D eigenvalue weighted by molar-refractivity contribution is 5.85. The molecule has 0 bridgehead atoms. The average Bonchev–Trinajstić information content (AvgIpc) is 2.28. The molecular formula is C11H9F3N2O2. The molecular weight excluding hydrogens is 249 g/mol. The predicted molar refractivity (Wildman–Crippen MR) is 58.5 cm³/mol. The summed E-state index contributed by atoms with van der Waals surface area (Å²) in [5, 5.41) is 0.481. The topological polar surface area (TPSA) is 55.0 Å². The van der Waals surface area contributed by atoms with E-state index in [1.165, 1.54) is 18.5 Å². The number of hydrogen-bond donors (Lipinski definition) is 1. The van der Waals surface area contributed by atoms with Gasteiger partial charge in [0.25, 0.3) is 5.56 Å². The van der Waals surface area contributed by atoms with E-state index in [4.69, 9.17) is 4.74 Å². The van der Waals surface area contributed by atoms with Crippen molar-refractivity contribution in [2.75, 3.05) is 0 Å². The van der Waals surface area contributed by atoms with Crippen LogP contribution in [0.2, 0.25) is 0 Å².